The van der Waals surface area contributed by atoms with Gasteiger partial charge in [-0.05, 0) is 79.3 Å². The van der Waals surface area contributed by atoms with Crippen LogP contribution in [0.1, 0.15) is 22.7 Å². The summed E-state index contributed by atoms with van der Waals surface area (Å²) in [7, 11) is 0. The number of aliphatic imine (C=N–C) groups is 1. The van der Waals surface area contributed by atoms with E-state index < -0.39 is 0 Å². The molecular formula is C48H34N2O. The van der Waals surface area contributed by atoms with E-state index in [0.717, 1.165) is 49.8 Å². The van der Waals surface area contributed by atoms with Crippen LogP contribution < -0.4 is 5.32 Å². The molecule has 0 radical (unpaired) electrons. The van der Waals surface area contributed by atoms with E-state index in [1.165, 1.54) is 32.3 Å². The number of nitrogens with one attached hydrogen (secondary N) is 1. The molecule has 0 spiro atoms. The highest BCUT2D eigenvalue weighted by molar-refractivity contribution is 6.14. The minimum absolute atomic E-state index is 0.205. The lowest BCUT2D eigenvalue weighted by Gasteiger charge is -2.20. The second-order valence-corrected chi connectivity index (χ2v) is 13.0. The molecule has 3 nitrogen and oxygen atoms in total. The molecule has 9 rings (SSSR count). The molecule has 242 valence electrons. The molecule has 0 fully saturated rings. The van der Waals surface area contributed by atoms with Gasteiger partial charge in [-0.3, -0.25) is 0 Å². The van der Waals surface area contributed by atoms with Gasteiger partial charge in [-0.1, -0.05) is 146 Å². The zero-order valence-corrected chi connectivity index (χ0v) is 28.0. The van der Waals surface area contributed by atoms with E-state index >= 15 is 0 Å². The fraction of sp³-hybridized carbons (Fsp3) is 0.0208. The van der Waals surface area contributed by atoms with Crippen molar-refractivity contribution in [1.82, 2.24) is 5.32 Å². The molecule has 0 amide bonds. The molecule has 1 aromatic heterocycles. The Morgan fingerprint density at radius 1 is 0.569 bits per heavy atom. The summed E-state index contributed by atoms with van der Waals surface area (Å²) in [6, 6.07) is 57.1. The van der Waals surface area contributed by atoms with Crippen molar-refractivity contribution in [2.75, 3.05) is 0 Å². The van der Waals surface area contributed by atoms with E-state index in [-0.39, 0.29) is 6.04 Å². The van der Waals surface area contributed by atoms with Crippen LogP contribution in [0, 0.1) is 0 Å². The van der Waals surface area contributed by atoms with E-state index in [9.17, 15) is 0 Å². The molecule has 0 aliphatic heterocycles. The van der Waals surface area contributed by atoms with Crippen molar-refractivity contribution in [3.05, 3.63) is 200 Å². The van der Waals surface area contributed by atoms with Crippen LogP contribution in [0.2, 0.25) is 0 Å². The van der Waals surface area contributed by atoms with E-state index in [1.54, 1.807) is 0 Å². The third-order valence-electron chi connectivity index (χ3n) is 9.84. The van der Waals surface area contributed by atoms with Crippen molar-refractivity contribution in [1.29, 1.82) is 0 Å². The van der Waals surface area contributed by atoms with Crippen molar-refractivity contribution < 1.29 is 4.42 Å². The molecule has 0 aliphatic rings. The standard InChI is InChI=1S/C48H34N2O/c1-3-44(38-24-20-33-14-7-8-16-36(33)28-38)50-48(39-25-23-35-22-21-34-15-9-10-17-41(34)42(35)30-39)49-31(2)40-18-11-19-46-47(40)43-29-37(26-27-45(43)51-46)32-12-5-4-6-13-32/h3-30,44H,1-2H2,(H,49,50). The average molecular weight is 655 g/mol. The van der Waals surface area contributed by atoms with Gasteiger partial charge in [0, 0.05) is 21.9 Å². The topological polar surface area (TPSA) is 37.5 Å². The van der Waals surface area contributed by atoms with Gasteiger partial charge >= 0.3 is 0 Å². The monoisotopic (exact) mass is 654 g/mol. The van der Waals surface area contributed by atoms with Gasteiger partial charge < -0.3 is 9.73 Å². The van der Waals surface area contributed by atoms with E-state index in [4.69, 9.17) is 9.41 Å². The fourth-order valence-electron chi connectivity index (χ4n) is 7.23. The summed E-state index contributed by atoms with van der Waals surface area (Å²) in [5.41, 5.74) is 7.53. The summed E-state index contributed by atoms with van der Waals surface area (Å²) < 4.78 is 6.37. The van der Waals surface area contributed by atoms with Crippen LogP contribution >= 0.6 is 0 Å². The Labute approximate surface area is 296 Å². The van der Waals surface area contributed by atoms with Crippen molar-refractivity contribution in [2.45, 2.75) is 6.04 Å². The van der Waals surface area contributed by atoms with Gasteiger partial charge in [0.25, 0.3) is 0 Å². The van der Waals surface area contributed by atoms with Crippen LogP contribution in [-0.4, -0.2) is 5.84 Å². The SMILES string of the molecule is C=CC(NC(=NC(=C)c1cccc2oc3ccc(-c4ccccc4)cc3c12)c1ccc2ccc3ccccc3c2c1)c1ccc2ccccc2c1. The Morgan fingerprint density at radius 2 is 1.29 bits per heavy atom. The zero-order chi connectivity index (χ0) is 34.3. The molecule has 3 heteroatoms. The Balaban J connectivity index is 1.20. The fourth-order valence-corrected chi connectivity index (χ4v) is 7.23. The molecule has 9 aromatic rings. The van der Waals surface area contributed by atoms with E-state index in [0.29, 0.717) is 11.5 Å². The third-order valence-corrected chi connectivity index (χ3v) is 9.84. The van der Waals surface area contributed by atoms with Crippen LogP contribution in [0.15, 0.2) is 192 Å². The Hall–Kier alpha value is -6.71. The maximum Gasteiger partial charge on any atom is 0.136 e. The highest BCUT2D eigenvalue weighted by Gasteiger charge is 2.18. The Morgan fingerprint density at radius 3 is 2.14 bits per heavy atom. The highest BCUT2D eigenvalue weighted by Crippen LogP contribution is 2.37. The van der Waals surface area contributed by atoms with Gasteiger partial charge in [-0.2, -0.15) is 0 Å². The summed E-state index contributed by atoms with van der Waals surface area (Å²) in [4.78, 5) is 5.32. The van der Waals surface area contributed by atoms with Gasteiger partial charge in [0.15, 0.2) is 0 Å². The molecule has 1 N–H and O–H groups in total. The minimum atomic E-state index is -0.205. The Bertz CT molecular complexity index is 2820. The van der Waals surface area contributed by atoms with Gasteiger partial charge in [-0.25, -0.2) is 4.99 Å². The normalized spacial score (nSPS) is 12.5. The molecule has 51 heavy (non-hydrogen) atoms. The molecule has 0 saturated carbocycles. The Kier molecular flexibility index (Phi) is 7.52. The maximum atomic E-state index is 6.37. The smallest absolute Gasteiger partial charge is 0.136 e. The predicted molar refractivity (Wildman–Crippen MR) is 216 cm³/mol. The summed E-state index contributed by atoms with van der Waals surface area (Å²) in [5.74, 6) is 0.711. The number of benzene rings is 8. The number of hydrogen-bond acceptors (Lipinski definition) is 2. The lowest BCUT2D eigenvalue weighted by atomic mass is 9.98. The quantitative estimate of drug-likeness (QED) is 0.0804. The number of rotatable bonds is 7. The molecular weight excluding hydrogens is 621 g/mol. The number of furan rings is 1. The van der Waals surface area contributed by atoms with Gasteiger partial charge in [0.2, 0.25) is 0 Å². The number of hydrogen-bond donors (Lipinski definition) is 1. The van der Waals surface area contributed by atoms with Crippen molar-refractivity contribution in [2.24, 2.45) is 4.99 Å². The summed E-state index contributed by atoms with van der Waals surface area (Å²) >= 11 is 0. The first-order valence-corrected chi connectivity index (χ1v) is 17.2. The first-order valence-electron chi connectivity index (χ1n) is 17.2. The summed E-state index contributed by atoms with van der Waals surface area (Å²) in [5, 5.41) is 12.9. The van der Waals surface area contributed by atoms with Crippen molar-refractivity contribution in [3.63, 3.8) is 0 Å². The highest BCUT2D eigenvalue weighted by atomic mass is 16.3. The molecule has 0 saturated heterocycles. The van der Waals surface area contributed by atoms with Crippen LogP contribution in [0.5, 0.6) is 0 Å². The minimum Gasteiger partial charge on any atom is -0.456 e. The summed E-state index contributed by atoms with van der Waals surface area (Å²) in [6.45, 7) is 8.81. The summed E-state index contributed by atoms with van der Waals surface area (Å²) in [6.07, 6.45) is 1.94. The zero-order valence-electron chi connectivity index (χ0n) is 28.0. The lowest BCUT2D eigenvalue weighted by Crippen LogP contribution is -2.28. The predicted octanol–water partition coefficient (Wildman–Crippen LogP) is 12.6. The first kappa shape index (κ1) is 30.4. The van der Waals surface area contributed by atoms with Gasteiger partial charge in [0.1, 0.15) is 17.0 Å². The maximum absolute atomic E-state index is 6.37. The van der Waals surface area contributed by atoms with Gasteiger partial charge in [0.05, 0.1) is 11.7 Å². The third kappa shape index (κ3) is 5.55. The largest absolute Gasteiger partial charge is 0.456 e. The van der Waals surface area contributed by atoms with E-state index in [1.807, 2.05) is 24.3 Å². The van der Waals surface area contributed by atoms with Crippen molar-refractivity contribution >= 4 is 65.8 Å². The molecule has 1 heterocycles. The molecule has 1 unspecified atom stereocenters. The molecule has 8 aromatic carbocycles. The number of nitrogens with zero attached hydrogens (tertiary/aromatic N) is 1. The molecule has 0 aliphatic carbocycles. The first-order chi connectivity index (χ1) is 25.1. The van der Waals surface area contributed by atoms with Crippen LogP contribution in [0.25, 0.3) is 71.1 Å². The second-order valence-electron chi connectivity index (χ2n) is 13.0. The van der Waals surface area contributed by atoms with Crippen molar-refractivity contribution in [3.8, 4) is 11.1 Å². The second kappa shape index (κ2) is 12.6. The number of fused-ring (bicyclic) bond motifs is 7. The van der Waals surface area contributed by atoms with Gasteiger partial charge in [-0.15, -0.1) is 6.58 Å². The van der Waals surface area contributed by atoms with Crippen LogP contribution in [0.3, 0.4) is 0 Å². The van der Waals surface area contributed by atoms with Crippen LogP contribution in [-0.2, 0) is 0 Å². The average Bonchev–Trinajstić information content (AvgIpc) is 3.57. The number of amidine groups is 1. The molecule has 1 atom stereocenters. The molecule has 0 bridgehead atoms. The lowest BCUT2D eigenvalue weighted by molar-refractivity contribution is 0.669. The van der Waals surface area contributed by atoms with Crippen LogP contribution in [0.4, 0.5) is 0 Å². The van der Waals surface area contributed by atoms with E-state index in [2.05, 4.69) is 164 Å².